The van der Waals surface area contributed by atoms with E-state index in [-0.39, 0.29) is 11.8 Å². The van der Waals surface area contributed by atoms with Crippen LogP contribution in [0.2, 0.25) is 0 Å². The Balaban J connectivity index is 2.22. The Hall–Kier alpha value is -2.28. The van der Waals surface area contributed by atoms with Gasteiger partial charge in [0.2, 0.25) is 5.91 Å². The number of anilines is 1. The first kappa shape index (κ1) is 14.1. The number of aryl methyl sites for hydroxylation is 1. The van der Waals surface area contributed by atoms with Gasteiger partial charge in [0, 0.05) is 5.69 Å². The second-order valence-corrected chi connectivity index (χ2v) is 5.01. The predicted molar refractivity (Wildman–Crippen MR) is 75.3 cm³/mol. The lowest BCUT2D eigenvalue weighted by Gasteiger charge is -2.16. The summed E-state index contributed by atoms with van der Waals surface area (Å²) in [5, 5.41) is 13.9. The molecule has 106 valence electrons. The fourth-order valence-electron chi connectivity index (χ4n) is 1.73. The van der Waals surface area contributed by atoms with Crippen LogP contribution in [0.15, 0.2) is 24.5 Å². The molecule has 7 nitrogen and oxygen atoms in total. The van der Waals surface area contributed by atoms with E-state index < -0.39 is 6.04 Å². The Labute approximate surface area is 117 Å². The molecule has 0 aliphatic carbocycles. The number of nitrogens with one attached hydrogen (secondary N) is 1. The van der Waals surface area contributed by atoms with Crippen LogP contribution in [0, 0.1) is 12.8 Å². The summed E-state index contributed by atoms with van der Waals surface area (Å²) in [6, 6.07) is 5.01. The highest BCUT2D eigenvalue weighted by molar-refractivity contribution is 5.95. The van der Waals surface area contributed by atoms with Gasteiger partial charge in [0.05, 0.1) is 11.7 Å². The third-order valence-corrected chi connectivity index (χ3v) is 3.09. The van der Waals surface area contributed by atoms with Crippen molar-refractivity contribution in [2.24, 2.45) is 11.7 Å². The smallest absolute Gasteiger partial charge is 0.241 e. The highest BCUT2D eigenvalue weighted by Gasteiger charge is 2.17. The fourth-order valence-corrected chi connectivity index (χ4v) is 1.73. The van der Waals surface area contributed by atoms with Gasteiger partial charge < -0.3 is 11.1 Å². The van der Waals surface area contributed by atoms with Gasteiger partial charge in [-0.15, -0.1) is 5.10 Å². The van der Waals surface area contributed by atoms with Gasteiger partial charge >= 0.3 is 0 Å². The van der Waals surface area contributed by atoms with Crippen LogP contribution in [0.25, 0.3) is 5.69 Å². The molecule has 0 saturated carbocycles. The van der Waals surface area contributed by atoms with Crippen molar-refractivity contribution in [2.75, 3.05) is 5.32 Å². The van der Waals surface area contributed by atoms with Gasteiger partial charge in [0.25, 0.3) is 0 Å². The van der Waals surface area contributed by atoms with Gasteiger partial charge in [0.15, 0.2) is 0 Å². The van der Waals surface area contributed by atoms with Gasteiger partial charge in [-0.05, 0) is 41.0 Å². The quantitative estimate of drug-likeness (QED) is 0.862. The third kappa shape index (κ3) is 3.00. The van der Waals surface area contributed by atoms with Crippen LogP contribution in [0.3, 0.4) is 0 Å². The number of rotatable bonds is 4. The van der Waals surface area contributed by atoms with Crippen LogP contribution >= 0.6 is 0 Å². The molecule has 0 fully saturated rings. The first-order valence-corrected chi connectivity index (χ1v) is 6.39. The molecule has 1 aromatic carbocycles. The largest absolute Gasteiger partial charge is 0.325 e. The molecule has 1 aromatic heterocycles. The van der Waals surface area contributed by atoms with Crippen molar-refractivity contribution in [2.45, 2.75) is 26.8 Å². The molecule has 2 rings (SSSR count). The summed E-state index contributed by atoms with van der Waals surface area (Å²) in [6.45, 7) is 5.76. The van der Waals surface area contributed by atoms with Gasteiger partial charge in [-0.25, -0.2) is 4.68 Å². The average Bonchev–Trinajstić information content (AvgIpc) is 2.93. The molecule has 0 radical (unpaired) electrons. The van der Waals surface area contributed by atoms with Crippen molar-refractivity contribution in [3.8, 4) is 5.69 Å². The average molecular weight is 274 g/mol. The first-order chi connectivity index (χ1) is 9.49. The molecule has 1 heterocycles. The predicted octanol–water partition coefficient (Wildman–Crippen LogP) is 0.893. The van der Waals surface area contributed by atoms with Crippen molar-refractivity contribution >= 4 is 11.6 Å². The minimum Gasteiger partial charge on any atom is -0.325 e. The van der Waals surface area contributed by atoms with Crippen molar-refractivity contribution in [3.63, 3.8) is 0 Å². The summed E-state index contributed by atoms with van der Waals surface area (Å²) in [6.07, 6.45) is 1.51. The number of amides is 1. The lowest BCUT2D eigenvalue weighted by atomic mass is 10.0. The number of benzene rings is 1. The summed E-state index contributed by atoms with van der Waals surface area (Å²) in [5.74, 6) is -0.119. The number of nitrogens with zero attached hydrogens (tertiary/aromatic N) is 4. The molecule has 1 atom stereocenters. The number of hydrogen-bond donors (Lipinski definition) is 2. The zero-order valence-electron chi connectivity index (χ0n) is 11.7. The van der Waals surface area contributed by atoms with Crippen molar-refractivity contribution < 1.29 is 4.79 Å². The van der Waals surface area contributed by atoms with Crippen molar-refractivity contribution in [3.05, 3.63) is 30.1 Å². The zero-order valence-corrected chi connectivity index (χ0v) is 11.7. The van der Waals surface area contributed by atoms with Gasteiger partial charge in [0.1, 0.15) is 6.33 Å². The van der Waals surface area contributed by atoms with Crippen molar-refractivity contribution in [1.29, 1.82) is 0 Å². The highest BCUT2D eigenvalue weighted by atomic mass is 16.2. The van der Waals surface area contributed by atoms with Crippen LogP contribution < -0.4 is 11.1 Å². The van der Waals surface area contributed by atoms with Crippen LogP contribution in [-0.4, -0.2) is 32.2 Å². The molecule has 0 aliphatic rings. The lowest BCUT2D eigenvalue weighted by molar-refractivity contribution is -0.118. The summed E-state index contributed by atoms with van der Waals surface area (Å²) in [4.78, 5) is 12.0. The Morgan fingerprint density at radius 2 is 2.15 bits per heavy atom. The van der Waals surface area contributed by atoms with Crippen LogP contribution in [0.5, 0.6) is 0 Å². The Kier molecular flexibility index (Phi) is 4.09. The maximum atomic E-state index is 12.0. The number of carbonyl (C=O) groups is 1. The highest BCUT2D eigenvalue weighted by Crippen LogP contribution is 2.18. The van der Waals surface area contributed by atoms with E-state index in [1.165, 1.54) is 6.33 Å². The summed E-state index contributed by atoms with van der Waals surface area (Å²) >= 11 is 0. The number of tetrazole rings is 1. The maximum Gasteiger partial charge on any atom is 0.241 e. The molecular weight excluding hydrogens is 256 g/mol. The molecule has 0 saturated heterocycles. The Morgan fingerprint density at radius 3 is 2.75 bits per heavy atom. The van der Waals surface area contributed by atoms with Crippen LogP contribution in [-0.2, 0) is 4.79 Å². The molecule has 1 amide bonds. The third-order valence-electron chi connectivity index (χ3n) is 3.09. The number of aromatic nitrogens is 4. The summed E-state index contributed by atoms with van der Waals surface area (Å²) in [5.41, 5.74) is 8.30. The Morgan fingerprint density at radius 1 is 1.40 bits per heavy atom. The van der Waals surface area contributed by atoms with E-state index in [1.54, 1.807) is 4.68 Å². The molecule has 0 spiro atoms. The minimum absolute atomic E-state index is 0.0828. The van der Waals surface area contributed by atoms with E-state index in [0.717, 1.165) is 11.3 Å². The van der Waals surface area contributed by atoms with Crippen LogP contribution in [0.4, 0.5) is 5.69 Å². The van der Waals surface area contributed by atoms with E-state index in [2.05, 4.69) is 20.8 Å². The van der Waals surface area contributed by atoms with Crippen molar-refractivity contribution in [1.82, 2.24) is 20.2 Å². The molecule has 0 unspecified atom stereocenters. The maximum absolute atomic E-state index is 12.0. The minimum atomic E-state index is -0.534. The van der Waals surface area contributed by atoms with E-state index >= 15 is 0 Å². The van der Waals surface area contributed by atoms with E-state index in [1.807, 2.05) is 39.0 Å². The number of nitrogens with two attached hydrogens (primary N) is 1. The SMILES string of the molecule is Cc1ccc(NC(=O)[C@@H](N)C(C)C)cc1-n1cnnn1. The molecule has 3 N–H and O–H groups in total. The molecular formula is C13H18N6O. The second-order valence-electron chi connectivity index (χ2n) is 5.01. The topological polar surface area (TPSA) is 98.7 Å². The van der Waals surface area contributed by atoms with E-state index in [4.69, 9.17) is 5.73 Å². The molecule has 20 heavy (non-hydrogen) atoms. The second kappa shape index (κ2) is 5.79. The standard InChI is InChI=1S/C13H18N6O/c1-8(2)12(14)13(20)16-10-5-4-9(3)11(6-10)19-7-15-17-18-19/h4-8,12H,14H2,1-3H3,(H,16,20)/t12-/m0/s1. The molecule has 0 bridgehead atoms. The normalized spacial score (nSPS) is 12.4. The first-order valence-electron chi connectivity index (χ1n) is 6.39. The summed E-state index contributed by atoms with van der Waals surface area (Å²) in [7, 11) is 0. The van der Waals surface area contributed by atoms with Gasteiger partial charge in [-0.1, -0.05) is 19.9 Å². The molecule has 2 aromatic rings. The fraction of sp³-hybridized carbons (Fsp3) is 0.385. The zero-order chi connectivity index (χ0) is 14.7. The van der Waals surface area contributed by atoms with E-state index in [0.29, 0.717) is 5.69 Å². The van der Waals surface area contributed by atoms with Crippen LogP contribution in [0.1, 0.15) is 19.4 Å². The molecule has 0 aliphatic heterocycles. The number of carbonyl (C=O) groups excluding carboxylic acids is 1. The molecule has 7 heteroatoms. The monoisotopic (exact) mass is 274 g/mol. The number of hydrogen-bond acceptors (Lipinski definition) is 5. The Bertz CT molecular complexity index is 593. The summed E-state index contributed by atoms with van der Waals surface area (Å²) < 4.78 is 1.55. The van der Waals surface area contributed by atoms with Gasteiger partial charge in [-0.3, -0.25) is 4.79 Å². The van der Waals surface area contributed by atoms with E-state index in [9.17, 15) is 4.79 Å². The lowest BCUT2D eigenvalue weighted by Crippen LogP contribution is -2.39. The van der Waals surface area contributed by atoms with Gasteiger partial charge in [-0.2, -0.15) is 0 Å².